The van der Waals surface area contributed by atoms with Gasteiger partial charge in [0.05, 0.1) is 6.26 Å². The fourth-order valence-corrected chi connectivity index (χ4v) is 6.14. The van der Waals surface area contributed by atoms with E-state index in [9.17, 15) is 24.3 Å². The van der Waals surface area contributed by atoms with Crippen LogP contribution in [0.25, 0.3) is 0 Å². The summed E-state index contributed by atoms with van der Waals surface area (Å²) >= 11 is 3.29. The molecule has 0 radical (unpaired) electrons. The molecule has 0 saturated carbocycles. The maximum atomic E-state index is 12.8. The molecule has 4 rings (SSSR count). The van der Waals surface area contributed by atoms with Crippen LogP contribution < -0.4 is 11.1 Å². The van der Waals surface area contributed by atoms with E-state index in [4.69, 9.17) is 15.0 Å². The van der Waals surface area contributed by atoms with E-state index in [0.29, 0.717) is 5.57 Å². The Morgan fingerprint density at radius 1 is 1.44 bits per heavy atom. The molecule has 0 aliphatic carbocycles. The summed E-state index contributed by atoms with van der Waals surface area (Å²) in [5.41, 5.74) is 5.89. The molecule has 2 aliphatic heterocycles. The van der Waals surface area contributed by atoms with Crippen LogP contribution in [0.3, 0.4) is 0 Å². The normalized spacial score (nSPS) is 18.9. The van der Waals surface area contributed by atoms with E-state index in [1.54, 1.807) is 6.07 Å². The topological polar surface area (TPSA) is 177 Å². The first-order chi connectivity index (χ1) is 16.3. The van der Waals surface area contributed by atoms with Crippen molar-refractivity contribution in [3.05, 3.63) is 46.5 Å². The molecule has 1 saturated heterocycles. The Kier molecular flexibility index (Phi) is 10.9. The van der Waals surface area contributed by atoms with Gasteiger partial charge in [-0.3, -0.25) is 19.3 Å². The van der Waals surface area contributed by atoms with E-state index in [-0.39, 0.29) is 86.6 Å². The first kappa shape index (κ1) is 30.2. The Hall–Kier alpha value is -2.01. The molecule has 2 amide bonds. The van der Waals surface area contributed by atoms with Crippen LogP contribution in [0.2, 0.25) is 0 Å². The van der Waals surface area contributed by atoms with Crippen LogP contribution in [0.5, 0.6) is 0 Å². The van der Waals surface area contributed by atoms with Gasteiger partial charge in [0, 0.05) is 16.9 Å². The van der Waals surface area contributed by atoms with Gasteiger partial charge >= 0.3 is 35.5 Å². The fourth-order valence-electron chi connectivity index (χ4n) is 3.31. The summed E-state index contributed by atoms with van der Waals surface area (Å²) in [7, 11) is 1.26. The Labute approximate surface area is 245 Å². The van der Waals surface area contributed by atoms with Crippen LogP contribution in [0.15, 0.2) is 44.6 Å². The third-order valence-electron chi connectivity index (χ3n) is 4.80. The third kappa shape index (κ3) is 6.10. The number of carboxylic acid groups (broad SMARTS) is 1. The van der Waals surface area contributed by atoms with Crippen LogP contribution in [-0.2, 0) is 19.2 Å². The number of β-lactam (4-membered cyclic amide) rings is 1. The van der Waals surface area contributed by atoms with Crippen LogP contribution in [-0.4, -0.2) is 103 Å². The summed E-state index contributed by atoms with van der Waals surface area (Å²) in [5.74, 6) is -2.08. The number of hydrogen-bond acceptors (Lipinski definition) is 12. The van der Waals surface area contributed by atoms with Crippen molar-refractivity contribution in [2.45, 2.75) is 11.4 Å². The second-order valence-corrected chi connectivity index (χ2v) is 9.81. The number of nitrogens with zero attached hydrogens (tertiary/aromatic N) is 3. The van der Waals surface area contributed by atoms with Gasteiger partial charge in [0.1, 0.15) is 29.9 Å². The average molecular weight is 584 g/mol. The Bertz CT molecular complexity index is 1220. The summed E-state index contributed by atoms with van der Waals surface area (Å²) in [6.07, 6.45) is 1.37. The van der Waals surface area contributed by atoms with Crippen molar-refractivity contribution in [1.82, 2.24) is 15.2 Å². The molecule has 2 atom stereocenters. The molecule has 0 aromatic carbocycles. The zero-order chi connectivity index (χ0) is 24.4. The zero-order valence-corrected chi connectivity index (χ0v) is 21.1. The molecule has 0 bridgehead atoms. The predicted octanol–water partition coefficient (Wildman–Crippen LogP) is 0.754. The number of furan rings is 1. The number of carbonyl (C=O) groups excluding carboxylic acids is 3. The number of fused-ring (bicyclic) bond motifs is 1. The Morgan fingerprint density at radius 2 is 2.19 bits per heavy atom. The SMILES string of the molecule is CO/N=C(\C(=O)N[C@@H]1C(=O)N2C(C(=O)O)=C(CSC(=O)c3ccco3)CS[C@H]12)c1csc(N)n1.Cl.[NaH]. The monoisotopic (exact) mass is 583 g/mol. The van der Waals surface area contributed by atoms with Crippen molar-refractivity contribution >= 4 is 111 Å². The summed E-state index contributed by atoms with van der Waals surface area (Å²) in [6.45, 7) is 0. The molecule has 2 aliphatic rings. The molecular formula is C19H19ClN5NaO7S3. The summed E-state index contributed by atoms with van der Waals surface area (Å²) < 4.78 is 5.05. The van der Waals surface area contributed by atoms with Gasteiger partial charge in [-0.1, -0.05) is 16.9 Å². The van der Waals surface area contributed by atoms with Gasteiger partial charge in [0.25, 0.3) is 16.9 Å². The second-order valence-electron chi connectivity index (χ2n) is 6.87. The molecule has 0 unspecified atom stereocenters. The van der Waals surface area contributed by atoms with E-state index in [1.165, 1.54) is 36.6 Å². The van der Waals surface area contributed by atoms with Crippen molar-refractivity contribution in [1.29, 1.82) is 0 Å². The first-order valence-electron chi connectivity index (χ1n) is 9.55. The van der Waals surface area contributed by atoms with E-state index < -0.39 is 29.2 Å². The van der Waals surface area contributed by atoms with Crippen molar-refractivity contribution in [3.8, 4) is 0 Å². The van der Waals surface area contributed by atoms with Crippen LogP contribution in [0.1, 0.15) is 16.2 Å². The summed E-state index contributed by atoms with van der Waals surface area (Å²) in [6, 6.07) is 2.13. The molecule has 188 valence electrons. The number of halogens is 1. The van der Waals surface area contributed by atoms with Crippen molar-refractivity contribution in [2.24, 2.45) is 5.16 Å². The molecule has 4 N–H and O–H groups in total. The number of aliphatic carboxylic acids is 1. The van der Waals surface area contributed by atoms with Gasteiger partial charge < -0.3 is 25.4 Å². The molecule has 17 heteroatoms. The van der Waals surface area contributed by atoms with Crippen LogP contribution >= 0.6 is 47.3 Å². The van der Waals surface area contributed by atoms with Crippen molar-refractivity contribution < 1.29 is 33.5 Å². The van der Waals surface area contributed by atoms with Gasteiger partial charge in [-0.05, 0) is 17.7 Å². The number of thioether (sulfide) groups is 2. The molecule has 12 nitrogen and oxygen atoms in total. The number of amides is 2. The average Bonchev–Trinajstić information content (AvgIpc) is 3.50. The number of carboxylic acids is 1. The molecule has 0 spiro atoms. The third-order valence-corrected chi connectivity index (χ3v) is 7.77. The molecule has 2 aromatic rings. The zero-order valence-electron chi connectivity index (χ0n) is 17.8. The van der Waals surface area contributed by atoms with Crippen LogP contribution in [0, 0.1) is 0 Å². The van der Waals surface area contributed by atoms with E-state index in [1.807, 2.05) is 0 Å². The minimum absolute atomic E-state index is 0. The number of thiazole rings is 1. The van der Waals surface area contributed by atoms with E-state index >= 15 is 0 Å². The van der Waals surface area contributed by atoms with Crippen molar-refractivity contribution in [3.63, 3.8) is 0 Å². The standard InChI is InChI=1S/C19H17N5O7S3.ClH.Na.H/c1-30-23-11(9-7-34-19(20)21-9)14(25)22-12-15(26)24-13(17(27)28)8(5-32-16(12)24)6-33-18(29)10-3-2-4-31-10;;;/h2-4,7,12,16H,5-6H2,1H3,(H2,20,21)(H,22,25)(H,27,28);1H;;/b23-11-;;;/t12-,16-;;;/m1.../s1. The number of oxime groups is 1. The van der Waals surface area contributed by atoms with Gasteiger partial charge in [-0.25, -0.2) is 9.78 Å². The van der Waals surface area contributed by atoms with Crippen molar-refractivity contribution in [2.75, 3.05) is 24.3 Å². The first-order valence-corrected chi connectivity index (χ1v) is 12.5. The number of anilines is 1. The molecule has 1 fully saturated rings. The number of hydrogen-bond donors (Lipinski definition) is 3. The van der Waals surface area contributed by atoms with Gasteiger partial charge in [-0.15, -0.1) is 35.5 Å². The molecule has 4 heterocycles. The number of carbonyl (C=O) groups is 4. The second kappa shape index (κ2) is 13.0. The van der Waals surface area contributed by atoms with Crippen LogP contribution in [0.4, 0.5) is 5.13 Å². The van der Waals surface area contributed by atoms with E-state index in [0.717, 1.165) is 28.0 Å². The maximum absolute atomic E-state index is 12.8. The number of rotatable bonds is 8. The molecular weight excluding hydrogens is 565 g/mol. The quantitative estimate of drug-likeness (QED) is 0.173. The summed E-state index contributed by atoms with van der Waals surface area (Å²) in [5, 5.41) is 16.8. The molecule has 36 heavy (non-hydrogen) atoms. The number of nitrogens with one attached hydrogen (secondary N) is 1. The Morgan fingerprint density at radius 3 is 2.78 bits per heavy atom. The van der Waals surface area contributed by atoms with Gasteiger partial charge in [-0.2, -0.15) is 0 Å². The van der Waals surface area contributed by atoms with E-state index in [2.05, 4.69) is 15.5 Å². The minimum atomic E-state index is -1.29. The van der Waals surface area contributed by atoms with Gasteiger partial charge in [0.15, 0.2) is 16.6 Å². The number of aromatic nitrogens is 1. The number of nitrogens with two attached hydrogens (primary N) is 1. The van der Waals surface area contributed by atoms with Gasteiger partial charge in [0.2, 0.25) is 0 Å². The summed E-state index contributed by atoms with van der Waals surface area (Å²) in [4.78, 5) is 59.6. The fraction of sp³-hybridized carbons (Fsp3) is 0.263. The Balaban J connectivity index is 0.00000228. The molecule has 2 aromatic heterocycles. The number of nitrogen functional groups attached to an aromatic ring is 1. The predicted molar refractivity (Wildman–Crippen MR) is 140 cm³/mol.